The molecule has 0 saturated heterocycles. The van der Waals surface area contributed by atoms with Gasteiger partial charge < -0.3 is 10.1 Å². The highest BCUT2D eigenvalue weighted by atomic mass is 79.9. The SMILES string of the molecule is COc1cc(Br)cc(Nc2cc(F)cc([N+](=O)[O-])c2)c1. The zero-order valence-electron chi connectivity index (χ0n) is 10.4. The van der Waals surface area contributed by atoms with Crippen molar-refractivity contribution in [3.05, 3.63) is 56.8 Å². The molecule has 2 rings (SSSR count). The van der Waals surface area contributed by atoms with Crippen molar-refractivity contribution in [3.63, 3.8) is 0 Å². The second-order valence-electron chi connectivity index (χ2n) is 3.96. The maximum absolute atomic E-state index is 13.3. The minimum atomic E-state index is -0.677. The third kappa shape index (κ3) is 3.45. The molecule has 0 amide bonds. The van der Waals surface area contributed by atoms with Crippen LogP contribution in [0.15, 0.2) is 40.9 Å². The Hall–Kier alpha value is -2.15. The van der Waals surface area contributed by atoms with E-state index >= 15 is 0 Å². The molecular weight excluding hydrogens is 331 g/mol. The molecular formula is C13H10BrFN2O3. The van der Waals surface area contributed by atoms with Gasteiger partial charge in [0.1, 0.15) is 11.6 Å². The fourth-order valence-electron chi connectivity index (χ4n) is 1.67. The molecule has 0 unspecified atom stereocenters. The quantitative estimate of drug-likeness (QED) is 0.667. The fourth-order valence-corrected chi connectivity index (χ4v) is 2.14. The van der Waals surface area contributed by atoms with Gasteiger partial charge in [-0.05, 0) is 18.2 Å². The first-order chi connectivity index (χ1) is 9.47. The van der Waals surface area contributed by atoms with Crippen molar-refractivity contribution in [2.45, 2.75) is 0 Å². The molecule has 2 aromatic rings. The van der Waals surface area contributed by atoms with Gasteiger partial charge in [-0.15, -0.1) is 0 Å². The van der Waals surface area contributed by atoms with E-state index in [0.29, 0.717) is 11.4 Å². The highest BCUT2D eigenvalue weighted by Crippen LogP contribution is 2.28. The van der Waals surface area contributed by atoms with Gasteiger partial charge in [0, 0.05) is 28.0 Å². The average Bonchev–Trinajstić information content (AvgIpc) is 2.37. The van der Waals surface area contributed by atoms with Crippen LogP contribution >= 0.6 is 15.9 Å². The second kappa shape index (κ2) is 5.87. The number of benzene rings is 2. The Morgan fingerprint density at radius 2 is 1.90 bits per heavy atom. The summed E-state index contributed by atoms with van der Waals surface area (Å²) in [4.78, 5) is 10.1. The third-order valence-corrected chi connectivity index (χ3v) is 2.95. The highest BCUT2D eigenvalue weighted by Gasteiger charge is 2.10. The number of hydrogen-bond acceptors (Lipinski definition) is 4. The maximum Gasteiger partial charge on any atom is 0.274 e. The summed E-state index contributed by atoms with van der Waals surface area (Å²) in [5.41, 5.74) is 0.599. The molecule has 0 spiro atoms. The lowest BCUT2D eigenvalue weighted by atomic mass is 10.2. The van der Waals surface area contributed by atoms with Crippen LogP contribution in [0, 0.1) is 15.9 Å². The van der Waals surface area contributed by atoms with Crippen LogP contribution < -0.4 is 10.1 Å². The number of anilines is 2. The Bertz CT molecular complexity index is 664. The van der Waals surface area contributed by atoms with Crippen molar-refractivity contribution >= 4 is 33.0 Å². The predicted molar refractivity (Wildman–Crippen MR) is 77.0 cm³/mol. The van der Waals surface area contributed by atoms with E-state index in [-0.39, 0.29) is 11.4 Å². The Kier molecular flexibility index (Phi) is 4.19. The summed E-state index contributed by atoms with van der Waals surface area (Å²) in [5, 5.41) is 13.6. The third-order valence-electron chi connectivity index (χ3n) is 2.49. The maximum atomic E-state index is 13.3. The van der Waals surface area contributed by atoms with Crippen LogP contribution in [0.3, 0.4) is 0 Å². The van der Waals surface area contributed by atoms with E-state index in [1.54, 1.807) is 18.2 Å². The van der Waals surface area contributed by atoms with Gasteiger partial charge in [-0.3, -0.25) is 10.1 Å². The molecule has 7 heteroatoms. The van der Waals surface area contributed by atoms with Crippen molar-refractivity contribution in [1.29, 1.82) is 0 Å². The molecule has 0 radical (unpaired) electrons. The van der Waals surface area contributed by atoms with E-state index in [2.05, 4.69) is 21.2 Å². The second-order valence-corrected chi connectivity index (χ2v) is 4.88. The van der Waals surface area contributed by atoms with E-state index in [1.165, 1.54) is 19.2 Å². The van der Waals surface area contributed by atoms with Gasteiger partial charge in [0.15, 0.2) is 0 Å². The Morgan fingerprint density at radius 1 is 1.20 bits per heavy atom. The molecule has 5 nitrogen and oxygen atoms in total. The summed E-state index contributed by atoms with van der Waals surface area (Å²) in [5.74, 6) is -0.0727. The number of halogens is 2. The van der Waals surface area contributed by atoms with Crippen LogP contribution in [-0.2, 0) is 0 Å². The number of nitrogens with zero attached hydrogens (tertiary/aromatic N) is 1. The molecule has 0 atom stereocenters. The number of non-ortho nitro benzene ring substituents is 1. The van der Waals surface area contributed by atoms with E-state index in [0.717, 1.165) is 10.5 Å². The molecule has 0 aliphatic carbocycles. The van der Waals surface area contributed by atoms with Gasteiger partial charge in [-0.25, -0.2) is 4.39 Å². The predicted octanol–water partition coefficient (Wildman–Crippen LogP) is 4.25. The number of ether oxygens (including phenoxy) is 1. The lowest BCUT2D eigenvalue weighted by Crippen LogP contribution is -1.95. The summed E-state index contributed by atoms with van der Waals surface area (Å²) < 4.78 is 19.2. The average molecular weight is 341 g/mol. The van der Waals surface area contributed by atoms with E-state index < -0.39 is 10.7 Å². The number of nitrogens with one attached hydrogen (secondary N) is 1. The molecule has 0 heterocycles. The summed E-state index contributed by atoms with van der Waals surface area (Å²) in [6.07, 6.45) is 0. The number of methoxy groups -OCH3 is 1. The Balaban J connectivity index is 2.34. The molecule has 0 aliphatic rings. The lowest BCUT2D eigenvalue weighted by molar-refractivity contribution is -0.385. The van der Waals surface area contributed by atoms with Gasteiger partial charge in [-0.1, -0.05) is 15.9 Å². The minimum Gasteiger partial charge on any atom is -0.497 e. The van der Waals surface area contributed by atoms with E-state index in [1.807, 2.05) is 0 Å². The first-order valence-corrected chi connectivity index (χ1v) is 6.34. The van der Waals surface area contributed by atoms with Crippen molar-refractivity contribution in [2.75, 3.05) is 12.4 Å². The summed E-state index contributed by atoms with van der Waals surface area (Å²) in [6, 6.07) is 8.52. The van der Waals surface area contributed by atoms with Crippen LogP contribution in [0.5, 0.6) is 5.75 Å². The molecule has 0 saturated carbocycles. The van der Waals surface area contributed by atoms with Gasteiger partial charge in [0.2, 0.25) is 0 Å². The molecule has 0 bridgehead atoms. The smallest absolute Gasteiger partial charge is 0.274 e. The van der Waals surface area contributed by atoms with Gasteiger partial charge in [0.25, 0.3) is 5.69 Å². The number of hydrogen-bond donors (Lipinski definition) is 1. The number of rotatable bonds is 4. The first-order valence-electron chi connectivity index (χ1n) is 5.54. The van der Waals surface area contributed by atoms with E-state index in [9.17, 15) is 14.5 Å². The van der Waals surface area contributed by atoms with Crippen LogP contribution in [0.4, 0.5) is 21.5 Å². The number of nitro groups is 1. The van der Waals surface area contributed by atoms with Crippen molar-refractivity contribution in [2.24, 2.45) is 0 Å². The van der Waals surface area contributed by atoms with Crippen molar-refractivity contribution < 1.29 is 14.1 Å². The topological polar surface area (TPSA) is 64.4 Å². The molecule has 0 aromatic heterocycles. The van der Waals surface area contributed by atoms with Crippen LogP contribution in [0.25, 0.3) is 0 Å². The fraction of sp³-hybridized carbons (Fsp3) is 0.0769. The lowest BCUT2D eigenvalue weighted by Gasteiger charge is -2.09. The van der Waals surface area contributed by atoms with Gasteiger partial charge >= 0.3 is 0 Å². The van der Waals surface area contributed by atoms with Gasteiger partial charge in [-0.2, -0.15) is 0 Å². The molecule has 0 fully saturated rings. The molecule has 1 N–H and O–H groups in total. The monoisotopic (exact) mass is 340 g/mol. The summed E-state index contributed by atoms with van der Waals surface area (Å²) in [7, 11) is 1.53. The van der Waals surface area contributed by atoms with E-state index in [4.69, 9.17) is 4.74 Å². The van der Waals surface area contributed by atoms with Crippen LogP contribution in [0.2, 0.25) is 0 Å². The molecule has 104 valence electrons. The molecule has 0 aliphatic heterocycles. The van der Waals surface area contributed by atoms with Crippen LogP contribution in [0.1, 0.15) is 0 Å². The number of nitro benzene ring substituents is 1. The minimum absolute atomic E-state index is 0.289. The summed E-state index contributed by atoms with van der Waals surface area (Å²) >= 11 is 3.32. The highest BCUT2D eigenvalue weighted by molar-refractivity contribution is 9.10. The largest absolute Gasteiger partial charge is 0.497 e. The first kappa shape index (κ1) is 14.3. The van der Waals surface area contributed by atoms with Crippen molar-refractivity contribution in [1.82, 2.24) is 0 Å². The molecule has 2 aromatic carbocycles. The molecule has 20 heavy (non-hydrogen) atoms. The Morgan fingerprint density at radius 3 is 2.55 bits per heavy atom. The van der Waals surface area contributed by atoms with Crippen LogP contribution in [-0.4, -0.2) is 12.0 Å². The Labute approximate surface area is 122 Å². The van der Waals surface area contributed by atoms with Gasteiger partial charge in [0.05, 0.1) is 18.1 Å². The summed E-state index contributed by atoms with van der Waals surface area (Å²) in [6.45, 7) is 0. The normalized spacial score (nSPS) is 10.2. The van der Waals surface area contributed by atoms with Crippen molar-refractivity contribution in [3.8, 4) is 5.75 Å². The zero-order chi connectivity index (χ0) is 14.7. The zero-order valence-corrected chi connectivity index (χ0v) is 12.0. The standard InChI is InChI=1S/C13H10BrFN2O3/c1-20-13-3-8(14)2-10(7-13)16-11-4-9(15)5-12(6-11)17(18)19/h2-7,16H,1H3.